The van der Waals surface area contributed by atoms with Gasteiger partial charge in [0.2, 0.25) is 0 Å². The molecule has 0 aliphatic heterocycles. The molecule has 0 N–H and O–H groups in total. The third kappa shape index (κ3) is 8.95. The van der Waals surface area contributed by atoms with Gasteiger partial charge in [0.15, 0.2) is 0 Å². The molecule has 0 aliphatic rings. The standard InChI is InChI=1S/C23H32O3SeSi.Mg/c1-25-22(18-12-8-6-9-13-18)21(23(24)26-2)16-20(17-28(3,4)5)27-19-14-10-7-11-15-19;/h6-15,20-22H,16-17H2,1-5H3;/q;+2/t20-,21-,22-;/m1./s1. The molecular formula is C23H32MgO3SeSi+2. The zero-order valence-electron chi connectivity index (χ0n) is 18.3. The second kappa shape index (κ2) is 12.9. The quantitative estimate of drug-likeness (QED) is 0.370. The van der Waals surface area contributed by atoms with Gasteiger partial charge in [-0.1, -0.05) is 0 Å². The first-order valence-corrected chi connectivity index (χ1v) is 15.3. The molecule has 0 aromatic heterocycles. The summed E-state index contributed by atoms with van der Waals surface area (Å²) in [5, 5.41) is 0. The van der Waals surface area contributed by atoms with Crippen molar-refractivity contribution >= 4 is 56.5 Å². The Morgan fingerprint density at radius 2 is 1.52 bits per heavy atom. The average molecular weight is 488 g/mol. The molecule has 0 fully saturated rings. The number of ether oxygens (including phenoxy) is 2. The Balaban J connectivity index is 0.00000420. The van der Waals surface area contributed by atoms with Crippen LogP contribution in [0.4, 0.5) is 0 Å². The van der Waals surface area contributed by atoms with E-state index >= 15 is 0 Å². The largest absolute Gasteiger partial charge is 2.00 e. The number of hydrogen-bond donors (Lipinski definition) is 0. The van der Waals surface area contributed by atoms with E-state index in [0.29, 0.717) is 19.8 Å². The summed E-state index contributed by atoms with van der Waals surface area (Å²) in [6, 6.07) is 21.9. The first-order valence-electron chi connectivity index (χ1n) is 9.71. The fraction of sp³-hybridized carbons (Fsp3) is 0.435. The van der Waals surface area contributed by atoms with Gasteiger partial charge in [-0.15, -0.1) is 0 Å². The molecule has 3 nitrogen and oxygen atoms in total. The molecule has 0 aliphatic carbocycles. The van der Waals surface area contributed by atoms with Gasteiger partial charge in [-0.3, -0.25) is 0 Å². The Bertz CT molecular complexity index is 722. The summed E-state index contributed by atoms with van der Waals surface area (Å²) in [5.74, 6) is -0.482. The number of methoxy groups -OCH3 is 2. The summed E-state index contributed by atoms with van der Waals surface area (Å²) < 4.78 is 12.4. The number of hydrogen-bond acceptors (Lipinski definition) is 3. The maximum atomic E-state index is 12.8. The van der Waals surface area contributed by atoms with Gasteiger partial charge < -0.3 is 0 Å². The van der Waals surface area contributed by atoms with Gasteiger partial charge in [0.1, 0.15) is 0 Å². The number of carbonyl (C=O) groups is 1. The molecule has 0 spiro atoms. The van der Waals surface area contributed by atoms with Crippen LogP contribution in [0.3, 0.4) is 0 Å². The van der Waals surface area contributed by atoms with Crippen LogP contribution in [-0.4, -0.2) is 66.3 Å². The maximum Gasteiger partial charge on any atom is 2.00 e. The first kappa shape index (κ1) is 26.4. The summed E-state index contributed by atoms with van der Waals surface area (Å²) in [4.78, 5) is 13.2. The molecule has 0 radical (unpaired) electrons. The molecule has 152 valence electrons. The predicted molar refractivity (Wildman–Crippen MR) is 126 cm³/mol. The fourth-order valence-electron chi connectivity index (χ4n) is 3.50. The van der Waals surface area contributed by atoms with Crippen molar-refractivity contribution < 1.29 is 14.3 Å². The van der Waals surface area contributed by atoms with Crippen molar-refractivity contribution in [3.05, 3.63) is 66.2 Å². The van der Waals surface area contributed by atoms with Gasteiger partial charge in [0.25, 0.3) is 0 Å². The van der Waals surface area contributed by atoms with E-state index in [1.54, 1.807) is 7.11 Å². The van der Waals surface area contributed by atoms with Crippen molar-refractivity contribution in [3.63, 3.8) is 0 Å². The second-order valence-corrected chi connectivity index (χ2v) is 16.7. The Morgan fingerprint density at radius 3 is 2.00 bits per heavy atom. The number of carbonyl (C=O) groups excluding carboxylic acids is 1. The molecule has 0 bridgehead atoms. The van der Waals surface area contributed by atoms with Crippen LogP contribution in [0, 0.1) is 5.92 Å². The normalized spacial score (nSPS) is 14.4. The van der Waals surface area contributed by atoms with E-state index in [9.17, 15) is 4.79 Å². The topological polar surface area (TPSA) is 35.5 Å². The number of rotatable bonds is 10. The fourth-order valence-corrected chi connectivity index (χ4v) is 10.9. The maximum absolute atomic E-state index is 12.8. The molecule has 2 aromatic carbocycles. The summed E-state index contributed by atoms with van der Waals surface area (Å²) >= 11 is 0.308. The molecule has 2 rings (SSSR count). The van der Waals surface area contributed by atoms with Crippen LogP contribution in [-0.2, 0) is 14.3 Å². The van der Waals surface area contributed by atoms with Crippen molar-refractivity contribution in [2.45, 2.75) is 43.0 Å². The third-order valence-electron chi connectivity index (χ3n) is 4.65. The Labute approximate surface area is 199 Å². The summed E-state index contributed by atoms with van der Waals surface area (Å²) in [7, 11) is 1.87. The van der Waals surface area contributed by atoms with Crippen LogP contribution in [0.2, 0.25) is 30.5 Å². The van der Waals surface area contributed by atoms with E-state index in [0.717, 1.165) is 12.0 Å². The van der Waals surface area contributed by atoms with Crippen LogP contribution in [0.25, 0.3) is 0 Å². The molecule has 2 aromatic rings. The summed E-state index contributed by atoms with van der Waals surface area (Å²) in [5.41, 5.74) is 1.03. The number of esters is 1. The van der Waals surface area contributed by atoms with Gasteiger partial charge >= 0.3 is 200 Å². The van der Waals surface area contributed by atoms with Crippen molar-refractivity contribution in [2.75, 3.05) is 14.2 Å². The van der Waals surface area contributed by atoms with Crippen molar-refractivity contribution in [1.29, 1.82) is 0 Å². The van der Waals surface area contributed by atoms with Gasteiger partial charge in [-0.25, -0.2) is 0 Å². The molecule has 0 saturated heterocycles. The Morgan fingerprint density at radius 1 is 0.966 bits per heavy atom. The van der Waals surface area contributed by atoms with Crippen molar-refractivity contribution in [2.24, 2.45) is 5.92 Å². The van der Waals surface area contributed by atoms with E-state index < -0.39 is 8.07 Å². The van der Waals surface area contributed by atoms with E-state index in [-0.39, 0.29) is 41.0 Å². The van der Waals surface area contributed by atoms with E-state index in [2.05, 4.69) is 50.0 Å². The number of benzene rings is 2. The average Bonchev–Trinajstić information content (AvgIpc) is 2.67. The molecular weight excluding hydrogens is 456 g/mol. The van der Waals surface area contributed by atoms with E-state index in [1.807, 2.05) is 30.3 Å². The second-order valence-electron chi connectivity index (χ2n) is 8.25. The van der Waals surface area contributed by atoms with Gasteiger partial charge in [-0.05, 0) is 0 Å². The van der Waals surface area contributed by atoms with Crippen LogP contribution in [0.5, 0.6) is 0 Å². The molecule has 3 atom stereocenters. The minimum absolute atomic E-state index is 0. The van der Waals surface area contributed by atoms with Crippen molar-refractivity contribution in [1.82, 2.24) is 0 Å². The molecule has 6 heteroatoms. The summed E-state index contributed by atoms with van der Waals surface area (Å²) in [6.07, 6.45) is 0.503. The molecule has 0 unspecified atom stereocenters. The van der Waals surface area contributed by atoms with Crippen LogP contribution in [0.15, 0.2) is 60.7 Å². The zero-order chi connectivity index (χ0) is 20.6. The van der Waals surface area contributed by atoms with E-state index in [1.165, 1.54) is 17.6 Å². The third-order valence-corrected chi connectivity index (χ3v) is 9.63. The van der Waals surface area contributed by atoms with Gasteiger partial charge in [0, 0.05) is 0 Å². The minimum Gasteiger partial charge on any atom is 2.00 e. The molecule has 0 amide bonds. The molecule has 29 heavy (non-hydrogen) atoms. The van der Waals surface area contributed by atoms with Gasteiger partial charge in [0.05, 0.1) is 0 Å². The van der Waals surface area contributed by atoms with Gasteiger partial charge in [-0.2, -0.15) is 0 Å². The molecule has 0 saturated carbocycles. The zero-order valence-corrected chi connectivity index (χ0v) is 22.4. The monoisotopic (exact) mass is 488 g/mol. The Kier molecular flexibility index (Phi) is 11.8. The van der Waals surface area contributed by atoms with E-state index in [4.69, 9.17) is 9.47 Å². The smallest absolute Gasteiger partial charge is 2.00 e. The minimum atomic E-state index is -1.29. The van der Waals surface area contributed by atoms with Crippen LogP contribution in [0.1, 0.15) is 18.1 Å². The predicted octanol–water partition coefficient (Wildman–Crippen LogP) is 4.33. The van der Waals surface area contributed by atoms with Crippen molar-refractivity contribution in [3.8, 4) is 0 Å². The Hall–Kier alpha value is -0.627. The SMILES string of the molecule is COC(=O)[C@H](C[C@H](C[Si](C)(C)C)[Se]c1ccccc1)[C@H](OC)c1ccccc1.[Mg+2]. The summed E-state index contributed by atoms with van der Waals surface area (Å²) in [6.45, 7) is 7.21. The van der Waals surface area contributed by atoms with Crippen LogP contribution < -0.4 is 4.46 Å². The first-order chi connectivity index (χ1) is 13.3. The van der Waals surface area contributed by atoms with Crippen LogP contribution >= 0.6 is 0 Å². The molecule has 0 heterocycles.